The molecule has 0 saturated carbocycles. The molecule has 0 aliphatic heterocycles. The number of halogens is 2. The van der Waals surface area contributed by atoms with Crippen LogP contribution in [0.2, 0.25) is 0 Å². The van der Waals surface area contributed by atoms with Crippen LogP contribution in [0.15, 0.2) is 16.6 Å². The second-order valence-electron chi connectivity index (χ2n) is 5.10. The summed E-state index contributed by atoms with van der Waals surface area (Å²) >= 11 is 8.56. The van der Waals surface area contributed by atoms with E-state index in [2.05, 4.69) is 46.7 Å². The molecule has 0 aliphatic carbocycles. The van der Waals surface area contributed by atoms with Gasteiger partial charge >= 0.3 is 0 Å². The smallest absolute Gasteiger partial charge is 0.178 e. The molecule has 1 aromatic heterocycles. The number of aromatic amines is 1. The van der Waals surface area contributed by atoms with Crippen LogP contribution in [0.5, 0.6) is 0 Å². The highest BCUT2D eigenvalue weighted by molar-refractivity contribution is 9.10. The van der Waals surface area contributed by atoms with Crippen LogP contribution in [-0.2, 0) is 6.54 Å². The Bertz CT molecular complexity index is 664. The molecule has 2 rings (SSSR count). The molecule has 20 heavy (non-hydrogen) atoms. The van der Waals surface area contributed by atoms with Crippen LogP contribution in [0.4, 0.5) is 4.39 Å². The first-order valence-corrected chi connectivity index (χ1v) is 7.92. The number of imidazole rings is 1. The van der Waals surface area contributed by atoms with Crippen molar-refractivity contribution in [1.29, 1.82) is 0 Å². The van der Waals surface area contributed by atoms with Crippen molar-refractivity contribution in [3.63, 3.8) is 0 Å². The van der Waals surface area contributed by atoms with Crippen LogP contribution >= 0.6 is 28.1 Å². The highest BCUT2D eigenvalue weighted by atomic mass is 79.9. The van der Waals surface area contributed by atoms with E-state index in [4.69, 9.17) is 12.2 Å². The molecule has 0 saturated heterocycles. The van der Waals surface area contributed by atoms with E-state index in [0.29, 0.717) is 15.3 Å². The third-order valence-corrected chi connectivity index (χ3v) is 4.77. The predicted octanol–water partition coefficient (Wildman–Crippen LogP) is 4.33. The number of fused-ring (bicyclic) bond motifs is 1. The minimum absolute atomic E-state index is 0.280. The molecule has 0 fully saturated rings. The number of hydrogen-bond acceptors (Lipinski definition) is 2. The van der Waals surface area contributed by atoms with Gasteiger partial charge in [-0.05, 0) is 54.6 Å². The summed E-state index contributed by atoms with van der Waals surface area (Å²) in [6.07, 6.45) is 1.12. The normalized spacial score (nSPS) is 13.3. The summed E-state index contributed by atoms with van der Waals surface area (Å²) in [6.45, 7) is 6.09. The lowest BCUT2D eigenvalue weighted by molar-refractivity contribution is 0.243. The van der Waals surface area contributed by atoms with Gasteiger partial charge in [0.15, 0.2) is 4.77 Å². The summed E-state index contributed by atoms with van der Waals surface area (Å²) < 4.78 is 16.7. The Hall–Kier alpha value is -0.720. The molecule has 110 valence electrons. The standard InChI is InChI=1S/C14H19BrFN3S/c1-4-9(2)18(3)5-6-19-13-7-10(15)11(16)8-12(13)17-14(19)20/h7-9H,4-6H2,1-3H3,(H,17,20). The van der Waals surface area contributed by atoms with Gasteiger partial charge in [-0.3, -0.25) is 0 Å². The highest BCUT2D eigenvalue weighted by Crippen LogP contribution is 2.23. The maximum atomic E-state index is 13.5. The number of hydrogen-bond donors (Lipinski definition) is 1. The lowest BCUT2D eigenvalue weighted by Gasteiger charge is -2.23. The fourth-order valence-corrected chi connectivity index (χ4v) is 2.79. The maximum absolute atomic E-state index is 13.5. The van der Waals surface area contributed by atoms with E-state index in [1.807, 2.05) is 4.57 Å². The molecule has 2 aromatic rings. The average Bonchev–Trinajstić information content (AvgIpc) is 2.71. The number of nitrogens with one attached hydrogen (secondary N) is 1. The monoisotopic (exact) mass is 359 g/mol. The quantitative estimate of drug-likeness (QED) is 0.803. The van der Waals surface area contributed by atoms with Crippen molar-refractivity contribution in [3.8, 4) is 0 Å². The van der Waals surface area contributed by atoms with Gasteiger partial charge in [0, 0.05) is 25.2 Å². The molecule has 1 heterocycles. The van der Waals surface area contributed by atoms with E-state index in [1.165, 1.54) is 6.07 Å². The van der Waals surface area contributed by atoms with E-state index < -0.39 is 0 Å². The summed E-state index contributed by atoms with van der Waals surface area (Å²) in [5.41, 5.74) is 1.67. The van der Waals surface area contributed by atoms with Crippen LogP contribution in [0.3, 0.4) is 0 Å². The zero-order chi connectivity index (χ0) is 14.9. The lowest BCUT2D eigenvalue weighted by atomic mass is 10.2. The Morgan fingerprint density at radius 3 is 2.85 bits per heavy atom. The van der Waals surface area contributed by atoms with Gasteiger partial charge in [0.1, 0.15) is 5.82 Å². The minimum Gasteiger partial charge on any atom is -0.330 e. The molecular formula is C14H19BrFN3S. The van der Waals surface area contributed by atoms with Gasteiger partial charge in [0.05, 0.1) is 15.5 Å². The second kappa shape index (κ2) is 6.37. The van der Waals surface area contributed by atoms with Crippen LogP contribution in [0.1, 0.15) is 20.3 Å². The summed E-state index contributed by atoms with van der Waals surface area (Å²) in [7, 11) is 2.11. The van der Waals surface area contributed by atoms with E-state index in [1.54, 1.807) is 6.07 Å². The molecule has 0 radical (unpaired) electrons. The van der Waals surface area contributed by atoms with Gasteiger partial charge in [-0.15, -0.1) is 0 Å². The summed E-state index contributed by atoms with van der Waals surface area (Å²) in [4.78, 5) is 5.37. The second-order valence-corrected chi connectivity index (χ2v) is 6.34. The summed E-state index contributed by atoms with van der Waals surface area (Å²) in [5.74, 6) is -0.280. The van der Waals surface area contributed by atoms with Gasteiger partial charge in [-0.25, -0.2) is 4.39 Å². The first kappa shape index (κ1) is 15.7. The molecule has 6 heteroatoms. The molecular weight excluding hydrogens is 341 g/mol. The largest absolute Gasteiger partial charge is 0.330 e. The Morgan fingerprint density at radius 1 is 1.50 bits per heavy atom. The van der Waals surface area contributed by atoms with Crippen molar-refractivity contribution in [2.45, 2.75) is 32.9 Å². The zero-order valence-electron chi connectivity index (χ0n) is 11.9. The molecule has 3 nitrogen and oxygen atoms in total. The van der Waals surface area contributed by atoms with Crippen molar-refractivity contribution in [2.24, 2.45) is 0 Å². The molecule has 1 N–H and O–H groups in total. The fourth-order valence-electron chi connectivity index (χ4n) is 2.16. The molecule has 1 aromatic carbocycles. The highest BCUT2D eigenvalue weighted by Gasteiger charge is 2.11. The van der Waals surface area contributed by atoms with Crippen molar-refractivity contribution in [1.82, 2.24) is 14.5 Å². The predicted molar refractivity (Wildman–Crippen MR) is 87.2 cm³/mol. The Kier molecular flexibility index (Phi) is 4.99. The van der Waals surface area contributed by atoms with Gasteiger partial charge < -0.3 is 14.5 Å². The molecule has 0 amide bonds. The average molecular weight is 360 g/mol. The molecule has 0 aliphatic rings. The van der Waals surface area contributed by atoms with Crippen LogP contribution in [-0.4, -0.2) is 34.1 Å². The van der Waals surface area contributed by atoms with Crippen LogP contribution in [0.25, 0.3) is 11.0 Å². The Morgan fingerprint density at radius 2 is 2.20 bits per heavy atom. The van der Waals surface area contributed by atoms with Gasteiger partial charge in [-0.2, -0.15) is 0 Å². The third kappa shape index (κ3) is 3.13. The van der Waals surface area contributed by atoms with Crippen LogP contribution < -0.4 is 0 Å². The molecule has 0 spiro atoms. The van der Waals surface area contributed by atoms with Gasteiger partial charge in [0.2, 0.25) is 0 Å². The van der Waals surface area contributed by atoms with E-state index >= 15 is 0 Å². The summed E-state index contributed by atoms with van der Waals surface area (Å²) in [6, 6.07) is 3.79. The first-order chi connectivity index (χ1) is 9.43. The van der Waals surface area contributed by atoms with Crippen molar-refractivity contribution >= 4 is 39.2 Å². The number of H-pyrrole nitrogens is 1. The number of nitrogens with zero attached hydrogens (tertiary/aromatic N) is 2. The summed E-state index contributed by atoms with van der Waals surface area (Å²) in [5, 5.41) is 0. The fraction of sp³-hybridized carbons (Fsp3) is 0.500. The van der Waals surface area contributed by atoms with E-state index in [9.17, 15) is 4.39 Å². The Balaban J connectivity index is 2.28. The minimum atomic E-state index is -0.280. The zero-order valence-corrected chi connectivity index (χ0v) is 14.3. The van der Waals surface area contributed by atoms with Crippen molar-refractivity contribution in [3.05, 3.63) is 27.2 Å². The van der Waals surface area contributed by atoms with Gasteiger partial charge in [-0.1, -0.05) is 6.92 Å². The molecule has 1 unspecified atom stereocenters. The number of likely N-dealkylation sites (N-methyl/N-ethyl adjacent to an activating group) is 1. The van der Waals surface area contributed by atoms with E-state index in [-0.39, 0.29) is 5.82 Å². The SMILES string of the molecule is CCC(C)N(C)CCn1c(=S)[nH]c2cc(F)c(Br)cc21. The number of aromatic nitrogens is 2. The first-order valence-electron chi connectivity index (χ1n) is 6.71. The van der Waals surface area contributed by atoms with Crippen molar-refractivity contribution < 1.29 is 4.39 Å². The lowest BCUT2D eigenvalue weighted by Crippen LogP contribution is -2.31. The molecule has 0 bridgehead atoms. The molecule has 1 atom stereocenters. The van der Waals surface area contributed by atoms with E-state index in [0.717, 1.165) is 30.5 Å². The van der Waals surface area contributed by atoms with Crippen LogP contribution in [0, 0.1) is 10.6 Å². The number of benzene rings is 1. The van der Waals surface area contributed by atoms with Gasteiger partial charge in [0.25, 0.3) is 0 Å². The third-order valence-electron chi connectivity index (χ3n) is 3.84. The maximum Gasteiger partial charge on any atom is 0.178 e. The topological polar surface area (TPSA) is 24.0 Å². The van der Waals surface area contributed by atoms with Crippen molar-refractivity contribution in [2.75, 3.05) is 13.6 Å². The number of rotatable bonds is 5. The Labute approximate surface area is 131 Å².